The Morgan fingerprint density at radius 1 is 1.37 bits per heavy atom. The number of nitrogen functional groups attached to an aromatic ring is 1. The molecule has 0 unspecified atom stereocenters. The molecule has 19 heavy (non-hydrogen) atoms. The van der Waals surface area contributed by atoms with Crippen molar-refractivity contribution in [3.8, 4) is 0 Å². The number of hydrogen-bond donors (Lipinski definition) is 2. The average Bonchev–Trinajstić information content (AvgIpc) is 2.89. The number of carbonyl (C=O) groups is 1. The van der Waals surface area contributed by atoms with Gasteiger partial charge in [0.15, 0.2) is 11.5 Å². The Hall–Kier alpha value is -1.40. The molecule has 0 saturated heterocycles. The summed E-state index contributed by atoms with van der Waals surface area (Å²) in [6, 6.07) is 1.65. The van der Waals surface area contributed by atoms with Gasteiger partial charge in [-0.15, -0.1) is 0 Å². The van der Waals surface area contributed by atoms with Crippen LogP contribution in [0.25, 0.3) is 0 Å². The number of amides is 1. The van der Waals surface area contributed by atoms with Crippen molar-refractivity contribution in [2.75, 3.05) is 13.1 Å². The third-order valence-corrected chi connectivity index (χ3v) is 2.96. The molecule has 1 rings (SSSR count). The summed E-state index contributed by atoms with van der Waals surface area (Å²) >= 11 is 0. The third-order valence-electron chi connectivity index (χ3n) is 2.96. The van der Waals surface area contributed by atoms with Crippen molar-refractivity contribution in [1.29, 1.82) is 0 Å². The fraction of sp³-hybridized carbons (Fsp3) is 0.692. The summed E-state index contributed by atoms with van der Waals surface area (Å²) in [5, 5.41) is 3.71. The maximum absolute atomic E-state index is 11.3. The molecule has 0 aliphatic rings. The van der Waals surface area contributed by atoms with Crippen molar-refractivity contribution < 1.29 is 9.32 Å². The molecule has 0 spiro atoms. The molecule has 3 N–H and O–H groups in total. The number of rotatable bonds is 9. The highest BCUT2D eigenvalue weighted by Gasteiger charge is 2.13. The smallest absolute Gasteiger partial charge is 0.287 e. The van der Waals surface area contributed by atoms with E-state index < -0.39 is 5.91 Å². The Bertz CT molecular complexity index is 370. The van der Waals surface area contributed by atoms with Crippen LogP contribution in [0.15, 0.2) is 10.6 Å². The van der Waals surface area contributed by atoms with Gasteiger partial charge in [-0.1, -0.05) is 31.8 Å². The number of nitrogens with zero attached hydrogens (tertiary/aromatic N) is 2. The van der Waals surface area contributed by atoms with Gasteiger partial charge in [0.1, 0.15) is 0 Å². The summed E-state index contributed by atoms with van der Waals surface area (Å²) in [6.07, 6.45) is 4.65. The van der Waals surface area contributed by atoms with Gasteiger partial charge in [-0.2, -0.15) is 0 Å². The molecule has 1 heterocycles. The van der Waals surface area contributed by atoms with Crippen LogP contribution in [0.3, 0.4) is 0 Å². The molecule has 6 heteroatoms. The minimum Gasteiger partial charge on any atom is -0.359 e. The molecule has 6 nitrogen and oxygen atoms in total. The van der Waals surface area contributed by atoms with Crippen LogP contribution in [0, 0.1) is 0 Å². The van der Waals surface area contributed by atoms with Crippen LogP contribution in [-0.2, 0) is 6.54 Å². The van der Waals surface area contributed by atoms with Crippen LogP contribution in [0.4, 0.5) is 0 Å². The molecule has 0 aromatic carbocycles. The van der Waals surface area contributed by atoms with Crippen LogP contribution >= 0.6 is 0 Å². The fourth-order valence-corrected chi connectivity index (χ4v) is 1.82. The molecule has 0 aliphatic carbocycles. The van der Waals surface area contributed by atoms with E-state index in [1.54, 1.807) is 6.07 Å². The zero-order valence-electron chi connectivity index (χ0n) is 11.8. The van der Waals surface area contributed by atoms with Crippen LogP contribution in [0.1, 0.15) is 55.8 Å². The van der Waals surface area contributed by atoms with Gasteiger partial charge in [0.05, 0.1) is 6.54 Å². The fourth-order valence-electron chi connectivity index (χ4n) is 1.82. The summed E-state index contributed by atoms with van der Waals surface area (Å²) in [6.45, 7) is 7.11. The van der Waals surface area contributed by atoms with E-state index in [1.165, 1.54) is 12.8 Å². The monoisotopic (exact) mass is 268 g/mol. The highest BCUT2D eigenvalue weighted by molar-refractivity contribution is 5.91. The minimum atomic E-state index is -0.427. The quantitative estimate of drug-likeness (QED) is 0.404. The molecular formula is C13H24N4O2. The van der Waals surface area contributed by atoms with E-state index in [1.807, 2.05) is 5.43 Å². The van der Waals surface area contributed by atoms with E-state index in [9.17, 15) is 4.79 Å². The van der Waals surface area contributed by atoms with E-state index in [0.717, 1.165) is 25.9 Å². The largest absolute Gasteiger partial charge is 0.359 e. The Morgan fingerprint density at radius 3 is 2.53 bits per heavy atom. The van der Waals surface area contributed by atoms with Gasteiger partial charge in [0.25, 0.3) is 5.91 Å². The normalized spacial score (nSPS) is 10.9. The van der Waals surface area contributed by atoms with Crippen molar-refractivity contribution in [3.05, 3.63) is 17.5 Å². The van der Waals surface area contributed by atoms with Crippen LogP contribution < -0.4 is 11.3 Å². The first-order valence-electron chi connectivity index (χ1n) is 6.90. The summed E-state index contributed by atoms with van der Waals surface area (Å²) < 4.78 is 5.17. The molecule has 1 amide bonds. The molecule has 1 aromatic rings. The summed E-state index contributed by atoms with van der Waals surface area (Å²) in [5.74, 6) is 5.33. The molecule has 108 valence electrons. The molecule has 0 aliphatic heterocycles. The predicted octanol–water partition coefficient (Wildman–Crippen LogP) is 1.68. The zero-order valence-corrected chi connectivity index (χ0v) is 11.8. The van der Waals surface area contributed by atoms with Crippen LogP contribution in [0.5, 0.6) is 0 Å². The SMILES string of the molecule is CCCCN(CCCC)Cc1cc(C(=O)NN)no1. The van der Waals surface area contributed by atoms with Crippen molar-refractivity contribution >= 4 is 5.91 Å². The van der Waals surface area contributed by atoms with Crippen molar-refractivity contribution in [2.45, 2.75) is 46.1 Å². The first-order chi connectivity index (χ1) is 9.21. The maximum atomic E-state index is 11.3. The lowest BCUT2D eigenvalue weighted by molar-refractivity contribution is 0.0944. The highest BCUT2D eigenvalue weighted by Crippen LogP contribution is 2.09. The number of carbonyl (C=O) groups excluding carboxylic acids is 1. The molecule has 0 saturated carbocycles. The van der Waals surface area contributed by atoms with Gasteiger partial charge in [-0.25, -0.2) is 5.84 Å². The third kappa shape index (κ3) is 5.40. The van der Waals surface area contributed by atoms with E-state index in [-0.39, 0.29) is 5.69 Å². The summed E-state index contributed by atoms with van der Waals surface area (Å²) in [7, 11) is 0. The van der Waals surface area contributed by atoms with Gasteiger partial charge in [-0.3, -0.25) is 15.1 Å². The second-order valence-corrected chi connectivity index (χ2v) is 4.64. The summed E-state index contributed by atoms with van der Waals surface area (Å²) in [5.41, 5.74) is 2.27. The lowest BCUT2D eigenvalue weighted by atomic mass is 10.2. The van der Waals surface area contributed by atoms with Crippen LogP contribution in [-0.4, -0.2) is 29.1 Å². The first kappa shape index (κ1) is 15.7. The standard InChI is InChI=1S/C13H24N4O2/c1-3-5-7-17(8-6-4-2)10-11-9-12(16-19-11)13(18)15-14/h9H,3-8,10,14H2,1-2H3,(H,15,18). The maximum Gasteiger partial charge on any atom is 0.287 e. The molecule has 0 bridgehead atoms. The van der Waals surface area contributed by atoms with Crippen molar-refractivity contribution in [1.82, 2.24) is 15.5 Å². The van der Waals surface area contributed by atoms with E-state index in [0.29, 0.717) is 12.3 Å². The Labute approximate surface area is 114 Å². The number of aromatic nitrogens is 1. The van der Waals surface area contributed by atoms with Crippen molar-refractivity contribution in [3.63, 3.8) is 0 Å². The van der Waals surface area contributed by atoms with E-state index in [2.05, 4.69) is 23.9 Å². The molecule has 0 atom stereocenters. The Morgan fingerprint density at radius 2 is 2.00 bits per heavy atom. The zero-order chi connectivity index (χ0) is 14.1. The van der Waals surface area contributed by atoms with Gasteiger partial charge in [-0.05, 0) is 25.9 Å². The second-order valence-electron chi connectivity index (χ2n) is 4.64. The first-order valence-corrected chi connectivity index (χ1v) is 6.90. The average molecular weight is 268 g/mol. The predicted molar refractivity (Wildman–Crippen MR) is 73.2 cm³/mol. The Balaban J connectivity index is 2.56. The van der Waals surface area contributed by atoms with Crippen molar-refractivity contribution in [2.24, 2.45) is 5.84 Å². The van der Waals surface area contributed by atoms with Crippen LogP contribution in [0.2, 0.25) is 0 Å². The van der Waals surface area contributed by atoms with Gasteiger partial charge < -0.3 is 4.52 Å². The topological polar surface area (TPSA) is 84.4 Å². The van der Waals surface area contributed by atoms with Gasteiger partial charge in [0, 0.05) is 6.07 Å². The number of nitrogens with one attached hydrogen (secondary N) is 1. The van der Waals surface area contributed by atoms with Gasteiger partial charge >= 0.3 is 0 Å². The number of nitrogens with two attached hydrogens (primary N) is 1. The van der Waals surface area contributed by atoms with Gasteiger partial charge in [0.2, 0.25) is 0 Å². The summed E-state index contributed by atoms with van der Waals surface area (Å²) in [4.78, 5) is 13.6. The molecule has 0 fully saturated rings. The number of unbranched alkanes of at least 4 members (excludes halogenated alkanes) is 2. The molecule has 1 aromatic heterocycles. The lowest BCUT2D eigenvalue weighted by Gasteiger charge is -2.20. The number of hydrazine groups is 1. The van der Waals surface area contributed by atoms with E-state index >= 15 is 0 Å². The number of hydrogen-bond acceptors (Lipinski definition) is 5. The lowest BCUT2D eigenvalue weighted by Crippen LogP contribution is -2.30. The minimum absolute atomic E-state index is 0.225. The molecule has 0 radical (unpaired) electrons. The Kier molecular flexibility index (Phi) is 7.14. The van der Waals surface area contributed by atoms with E-state index in [4.69, 9.17) is 10.4 Å². The second kappa shape index (κ2) is 8.66. The molecular weight excluding hydrogens is 244 g/mol. The highest BCUT2D eigenvalue weighted by atomic mass is 16.5.